The van der Waals surface area contributed by atoms with Crippen LogP contribution in [0.2, 0.25) is 0 Å². The molecule has 6 heteroatoms. The Hall–Kier alpha value is -0.210. The van der Waals surface area contributed by atoms with Gasteiger partial charge in [0.05, 0.1) is 15.7 Å². The molecule has 2 rings (SSSR count). The molecule has 0 aromatic heterocycles. The average Bonchev–Trinajstić information content (AvgIpc) is 2.77. The van der Waals surface area contributed by atoms with E-state index in [0.29, 0.717) is 17.7 Å². The fourth-order valence-electron chi connectivity index (χ4n) is 2.38. The molecule has 3 nitrogen and oxygen atoms in total. The number of hydrogen-bond acceptors (Lipinski definition) is 2. The standard InChI is InChI=1S/C16H23FINO2S/c1-10(19-22(20)15(2,3)4)11-6-7-13(17)12-8-16(5,9-18)21-14(11)12/h6-7,10,19H,8-9H2,1-5H3/t10-,16?,22?/m1/s1. The molecule has 22 heavy (non-hydrogen) atoms. The van der Waals surface area contributed by atoms with Gasteiger partial charge in [-0.3, -0.25) is 0 Å². The van der Waals surface area contributed by atoms with Crippen molar-refractivity contribution >= 4 is 33.6 Å². The van der Waals surface area contributed by atoms with Gasteiger partial charge in [0.1, 0.15) is 17.2 Å². The topological polar surface area (TPSA) is 38.3 Å². The largest absolute Gasteiger partial charge is 0.486 e. The molecule has 1 aliphatic rings. The van der Waals surface area contributed by atoms with E-state index in [-0.39, 0.29) is 22.2 Å². The zero-order valence-corrected chi connectivity index (χ0v) is 16.6. The van der Waals surface area contributed by atoms with Crippen molar-refractivity contribution in [3.8, 4) is 5.75 Å². The minimum atomic E-state index is -1.19. The van der Waals surface area contributed by atoms with Gasteiger partial charge in [0.2, 0.25) is 0 Å². The van der Waals surface area contributed by atoms with Crippen LogP contribution in [-0.2, 0) is 17.4 Å². The zero-order valence-electron chi connectivity index (χ0n) is 13.6. The van der Waals surface area contributed by atoms with Gasteiger partial charge in [-0.2, -0.15) is 0 Å². The van der Waals surface area contributed by atoms with Crippen LogP contribution in [0.1, 0.15) is 51.8 Å². The van der Waals surface area contributed by atoms with Gasteiger partial charge in [-0.25, -0.2) is 13.3 Å². The van der Waals surface area contributed by atoms with Gasteiger partial charge in [0.15, 0.2) is 0 Å². The lowest BCUT2D eigenvalue weighted by atomic mass is 9.98. The highest BCUT2D eigenvalue weighted by atomic mass is 127. The molecule has 0 saturated carbocycles. The summed E-state index contributed by atoms with van der Waals surface area (Å²) >= 11 is 2.26. The SMILES string of the molecule is C[C@@H](NS(=O)C(C)(C)C)c1ccc(F)c2c1OC(C)(CI)C2. The first-order valence-electron chi connectivity index (χ1n) is 7.32. The predicted octanol–water partition coefficient (Wildman–Crippen LogP) is 4.07. The third kappa shape index (κ3) is 3.64. The van der Waals surface area contributed by atoms with Crippen LogP contribution in [-0.4, -0.2) is 19.0 Å². The second kappa shape index (κ2) is 6.36. The fraction of sp³-hybridized carbons (Fsp3) is 0.625. The molecule has 0 radical (unpaired) electrons. The lowest BCUT2D eigenvalue weighted by molar-refractivity contribution is 0.145. The van der Waals surface area contributed by atoms with Crippen molar-refractivity contribution in [2.75, 3.05) is 4.43 Å². The van der Waals surface area contributed by atoms with Crippen LogP contribution in [0.3, 0.4) is 0 Å². The van der Waals surface area contributed by atoms with Gasteiger partial charge in [-0.15, -0.1) is 0 Å². The molecular weight excluding hydrogens is 416 g/mol. The fourth-order valence-corrected chi connectivity index (χ4v) is 3.61. The summed E-state index contributed by atoms with van der Waals surface area (Å²) in [6.45, 7) is 9.68. The zero-order chi connectivity index (χ0) is 16.7. The van der Waals surface area contributed by atoms with Gasteiger partial charge >= 0.3 is 0 Å². The number of benzene rings is 1. The molecule has 0 spiro atoms. The molecule has 2 unspecified atom stereocenters. The summed E-state index contributed by atoms with van der Waals surface area (Å²) < 4.78 is 36.0. The Morgan fingerprint density at radius 3 is 2.68 bits per heavy atom. The Labute approximate surface area is 148 Å². The summed E-state index contributed by atoms with van der Waals surface area (Å²) in [5.74, 6) is 0.390. The summed E-state index contributed by atoms with van der Waals surface area (Å²) in [5.41, 5.74) is 1.12. The normalized spacial score (nSPS) is 23.8. The highest BCUT2D eigenvalue weighted by Gasteiger charge is 2.38. The van der Waals surface area contributed by atoms with E-state index in [1.165, 1.54) is 6.07 Å². The molecule has 124 valence electrons. The average molecular weight is 439 g/mol. The van der Waals surface area contributed by atoms with E-state index in [4.69, 9.17) is 4.74 Å². The summed E-state index contributed by atoms with van der Waals surface area (Å²) in [5, 5.41) is 0. The molecule has 1 heterocycles. The Balaban J connectivity index is 2.32. The first-order valence-corrected chi connectivity index (χ1v) is 9.99. The third-order valence-corrected chi connectivity index (χ3v) is 7.02. The van der Waals surface area contributed by atoms with Crippen molar-refractivity contribution in [1.82, 2.24) is 4.72 Å². The maximum Gasteiger partial charge on any atom is 0.131 e. The summed E-state index contributed by atoms with van der Waals surface area (Å²) in [7, 11) is -1.19. The van der Waals surface area contributed by atoms with Crippen molar-refractivity contribution < 1.29 is 13.3 Å². The molecule has 0 aliphatic carbocycles. The minimum Gasteiger partial charge on any atom is -0.486 e. The molecule has 0 fully saturated rings. The maximum atomic E-state index is 14.1. The van der Waals surface area contributed by atoms with E-state index in [1.807, 2.05) is 34.6 Å². The van der Waals surface area contributed by atoms with Crippen LogP contribution in [0.4, 0.5) is 4.39 Å². The Bertz CT molecular complexity index is 603. The number of ether oxygens (including phenoxy) is 1. The van der Waals surface area contributed by atoms with E-state index >= 15 is 0 Å². The number of rotatable bonds is 4. The number of nitrogens with one attached hydrogen (secondary N) is 1. The molecule has 3 atom stereocenters. The van der Waals surface area contributed by atoms with Gasteiger partial charge in [0, 0.05) is 28.0 Å². The molecule has 1 aliphatic heterocycles. The number of hydrogen-bond donors (Lipinski definition) is 1. The molecule has 1 N–H and O–H groups in total. The van der Waals surface area contributed by atoms with Crippen molar-refractivity contribution in [2.45, 2.75) is 57.4 Å². The summed E-state index contributed by atoms with van der Waals surface area (Å²) in [6, 6.07) is 3.03. The predicted molar refractivity (Wildman–Crippen MR) is 97.5 cm³/mol. The van der Waals surface area contributed by atoms with Crippen molar-refractivity contribution in [1.29, 1.82) is 0 Å². The molecular formula is C16H23FINO2S. The summed E-state index contributed by atoms with van der Waals surface area (Å²) in [4.78, 5) is 0. The lowest BCUT2D eigenvalue weighted by Gasteiger charge is -2.25. The van der Waals surface area contributed by atoms with E-state index in [1.54, 1.807) is 6.07 Å². The Kier molecular flexibility index (Phi) is 5.24. The van der Waals surface area contributed by atoms with Gasteiger partial charge in [-0.05, 0) is 40.7 Å². The van der Waals surface area contributed by atoms with Crippen LogP contribution < -0.4 is 9.46 Å². The second-order valence-electron chi connectivity index (χ2n) is 7.03. The van der Waals surface area contributed by atoms with Crippen LogP contribution in [0, 0.1) is 5.82 Å². The molecule has 1 aromatic rings. The van der Waals surface area contributed by atoms with E-state index < -0.39 is 11.0 Å². The Morgan fingerprint density at radius 1 is 1.50 bits per heavy atom. The van der Waals surface area contributed by atoms with E-state index in [2.05, 4.69) is 27.3 Å². The quantitative estimate of drug-likeness (QED) is 0.568. The molecule has 0 bridgehead atoms. The van der Waals surface area contributed by atoms with Crippen molar-refractivity contribution in [3.63, 3.8) is 0 Å². The molecule has 0 saturated heterocycles. The van der Waals surface area contributed by atoms with Crippen LogP contribution in [0.5, 0.6) is 5.75 Å². The maximum absolute atomic E-state index is 14.1. The van der Waals surface area contributed by atoms with Crippen molar-refractivity contribution in [2.24, 2.45) is 0 Å². The summed E-state index contributed by atoms with van der Waals surface area (Å²) in [6.07, 6.45) is 0.569. The van der Waals surface area contributed by atoms with Crippen LogP contribution in [0.15, 0.2) is 12.1 Å². The highest BCUT2D eigenvalue weighted by Crippen LogP contribution is 2.42. The Morgan fingerprint density at radius 2 is 2.14 bits per heavy atom. The van der Waals surface area contributed by atoms with Crippen molar-refractivity contribution in [3.05, 3.63) is 29.1 Å². The monoisotopic (exact) mass is 439 g/mol. The minimum absolute atomic E-state index is 0.175. The smallest absolute Gasteiger partial charge is 0.131 e. The van der Waals surface area contributed by atoms with Gasteiger partial charge in [-0.1, -0.05) is 28.7 Å². The van der Waals surface area contributed by atoms with Gasteiger partial charge < -0.3 is 4.74 Å². The third-order valence-electron chi connectivity index (χ3n) is 3.72. The first-order chi connectivity index (χ1) is 10.1. The van der Waals surface area contributed by atoms with E-state index in [0.717, 1.165) is 9.99 Å². The molecule has 1 aromatic carbocycles. The van der Waals surface area contributed by atoms with E-state index in [9.17, 15) is 8.60 Å². The van der Waals surface area contributed by atoms with Crippen LogP contribution in [0.25, 0.3) is 0 Å². The van der Waals surface area contributed by atoms with Crippen LogP contribution >= 0.6 is 22.6 Å². The van der Waals surface area contributed by atoms with Gasteiger partial charge in [0.25, 0.3) is 0 Å². The lowest BCUT2D eigenvalue weighted by Crippen LogP contribution is -2.35. The highest BCUT2D eigenvalue weighted by molar-refractivity contribution is 14.1. The number of alkyl halides is 1. The number of fused-ring (bicyclic) bond motifs is 1. The molecule has 0 amide bonds. The first kappa shape index (κ1) is 18.1. The number of halogens is 2. The second-order valence-corrected chi connectivity index (χ2v) is 9.79.